The summed E-state index contributed by atoms with van der Waals surface area (Å²) in [4.78, 5) is 23.1. The minimum Gasteiger partial charge on any atom is -0.491 e. The number of rotatable bonds is 8. The first-order chi connectivity index (χ1) is 11.2. The van der Waals surface area contributed by atoms with Crippen LogP contribution in [0, 0.1) is 0 Å². The van der Waals surface area contributed by atoms with Gasteiger partial charge in [-0.05, 0) is 38.5 Å². The first kappa shape index (κ1) is 19.8. The fraction of sp³-hybridized carbons (Fsp3) is 0.529. The van der Waals surface area contributed by atoms with Crippen molar-refractivity contribution in [2.75, 3.05) is 20.3 Å². The highest BCUT2D eigenvalue weighted by Crippen LogP contribution is 2.14. The van der Waals surface area contributed by atoms with Crippen molar-refractivity contribution in [1.29, 1.82) is 0 Å². The van der Waals surface area contributed by atoms with Gasteiger partial charge in [0.25, 0.3) is 0 Å². The van der Waals surface area contributed by atoms with E-state index in [9.17, 15) is 14.7 Å². The second-order valence-corrected chi connectivity index (χ2v) is 6.23. The van der Waals surface area contributed by atoms with E-state index in [-0.39, 0.29) is 6.42 Å². The number of hydrogen-bond donors (Lipinski definition) is 2. The van der Waals surface area contributed by atoms with Crippen LogP contribution < -0.4 is 10.1 Å². The Kier molecular flexibility index (Phi) is 7.51. The van der Waals surface area contributed by atoms with E-state index in [4.69, 9.17) is 14.2 Å². The van der Waals surface area contributed by atoms with Gasteiger partial charge >= 0.3 is 12.1 Å². The molecule has 0 bridgehead atoms. The van der Waals surface area contributed by atoms with E-state index in [0.717, 1.165) is 5.56 Å². The molecule has 0 saturated heterocycles. The minimum atomic E-state index is -1.12. The van der Waals surface area contributed by atoms with Gasteiger partial charge in [0.2, 0.25) is 0 Å². The zero-order valence-electron chi connectivity index (χ0n) is 14.5. The highest BCUT2D eigenvalue weighted by molar-refractivity contribution is 5.80. The zero-order chi connectivity index (χ0) is 18.2. The molecule has 0 spiro atoms. The number of carboxylic acids is 1. The van der Waals surface area contributed by atoms with Gasteiger partial charge < -0.3 is 24.6 Å². The molecule has 7 nitrogen and oxygen atoms in total. The lowest BCUT2D eigenvalue weighted by Crippen LogP contribution is -2.44. The first-order valence-electron chi connectivity index (χ1n) is 7.64. The van der Waals surface area contributed by atoms with E-state index in [2.05, 4.69) is 5.32 Å². The van der Waals surface area contributed by atoms with Crippen molar-refractivity contribution in [2.24, 2.45) is 0 Å². The molecule has 1 aromatic rings. The Hall–Kier alpha value is -2.28. The smallest absolute Gasteiger partial charge is 0.408 e. The summed E-state index contributed by atoms with van der Waals surface area (Å²) in [7, 11) is 1.59. The maximum Gasteiger partial charge on any atom is 0.408 e. The molecule has 24 heavy (non-hydrogen) atoms. The number of aliphatic carboxylic acids is 1. The summed E-state index contributed by atoms with van der Waals surface area (Å²) in [6, 6.07) is 5.94. The Labute approximate surface area is 141 Å². The summed E-state index contributed by atoms with van der Waals surface area (Å²) in [5.74, 6) is -0.455. The van der Waals surface area contributed by atoms with Crippen molar-refractivity contribution in [3.63, 3.8) is 0 Å². The van der Waals surface area contributed by atoms with E-state index in [1.54, 1.807) is 52.1 Å². The average molecular weight is 339 g/mol. The number of hydrogen-bond acceptors (Lipinski definition) is 5. The summed E-state index contributed by atoms with van der Waals surface area (Å²) in [6.45, 7) is 6.07. The number of nitrogens with one attached hydrogen (secondary N) is 1. The minimum absolute atomic E-state index is 0.146. The Morgan fingerprint density at radius 3 is 2.29 bits per heavy atom. The van der Waals surface area contributed by atoms with Crippen molar-refractivity contribution >= 4 is 12.1 Å². The summed E-state index contributed by atoms with van der Waals surface area (Å²) in [5, 5.41) is 11.6. The summed E-state index contributed by atoms with van der Waals surface area (Å²) in [6.07, 6.45) is -0.609. The molecule has 0 radical (unpaired) electrons. The third kappa shape index (κ3) is 7.82. The van der Waals surface area contributed by atoms with Crippen LogP contribution >= 0.6 is 0 Å². The van der Waals surface area contributed by atoms with Crippen molar-refractivity contribution < 1.29 is 28.9 Å². The van der Waals surface area contributed by atoms with Crippen molar-refractivity contribution in [3.05, 3.63) is 29.8 Å². The van der Waals surface area contributed by atoms with Gasteiger partial charge in [-0.3, -0.25) is 0 Å². The maximum absolute atomic E-state index is 11.7. The Bertz CT molecular complexity index is 535. The van der Waals surface area contributed by atoms with E-state index < -0.39 is 23.7 Å². The molecule has 134 valence electrons. The van der Waals surface area contributed by atoms with Gasteiger partial charge in [0.15, 0.2) is 0 Å². The van der Waals surface area contributed by atoms with Crippen LogP contribution in [0.25, 0.3) is 0 Å². The number of carbonyl (C=O) groups excluding carboxylic acids is 1. The lowest BCUT2D eigenvalue weighted by atomic mass is 10.1. The number of carbonyl (C=O) groups is 2. The molecule has 1 aromatic carbocycles. The first-order valence-corrected chi connectivity index (χ1v) is 7.64. The Morgan fingerprint density at radius 1 is 1.17 bits per heavy atom. The van der Waals surface area contributed by atoms with Gasteiger partial charge in [-0.25, -0.2) is 9.59 Å². The van der Waals surface area contributed by atoms with Gasteiger partial charge in [-0.2, -0.15) is 0 Å². The van der Waals surface area contributed by atoms with Crippen LogP contribution in [0.5, 0.6) is 5.75 Å². The predicted octanol–water partition coefficient (Wildman–Crippen LogP) is 2.23. The molecule has 0 aliphatic heterocycles. The SMILES string of the molecule is COCCOc1ccc(C[C@H](NC(=O)OC(C)(C)C)C(=O)O)cc1. The van der Waals surface area contributed by atoms with Crippen LogP contribution in [0.3, 0.4) is 0 Å². The normalized spacial score (nSPS) is 12.3. The lowest BCUT2D eigenvalue weighted by Gasteiger charge is -2.22. The number of benzene rings is 1. The number of ether oxygens (including phenoxy) is 3. The third-order valence-electron chi connectivity index (χ3n) is 2.91. The summed E-state index contributed by atoms with van der Waals surface area (Å²) in [5.41, 5.74) is 0.0754. The number of alkyl carbamates (subject to hydrolysis) is 1. The molecule has 0 heterocycles. The summed E-state index contributed by atoms with van der Waals surface area (Å²) >= 11 is 0. The number of amides is 1. The molecule has 0 aliphatic rings. The molecule has 0 saturated carbocycles. The highest BCUT2D eigenvalue weighted by Gasteiger charge is 2.24. The van der Waals surface area contributed by atoms with Crippen LogP contribution in [-0.4, -0.2) is 49.1 Å². The predicted molar refractivity (Wildman–Crippen MR) is 88.3 cm³/mol. The van der Waals surface area contributed by atoms with Crippen LogP contribution in [-0.2, 0) is 20.7 Å². The molecule has 7 heteroatoms. The van der Waals surface area contributed by atoms with Crippen LogP contribution in [0.2, 0.25) is 0 Å². The zero-order valence-corrected chi connectivity index (χ0v) is 14.5. The molecule has 0 unspecified atom stereocenters. The maximum atomic E-state index is 11.7. The standard InChI is InChI=1S/C17H25NO6/c1-17(2,3)24-16(21)18-14(15(19)20)11-12-5-7-13(8-6-12)23-10-9-22-4/h5-8,14H,9-11H2,1-4H3,(H,18,21)(H,19,20)/t14-/m0/s1. The molecule has 0 aromatic heterocycles. The molecule has 1 amide bonds. The fourth-order valence-electron chi connectivity index (χ4n) is 1.85. The molecule has 0 fully saturated rings. The van der Waals surface area contributed by atoms with E-state index in [1.165, 1.54) is 0 Å². The molecular weight excluding hydrogens is 314 g/mol. The van der Waals surface area contributed by atoms with Gasteiger partial charge in [0, 0.05) is 13.5 Å². The van der Waals surface area contributed by atoms with Gasteiger partial charge in [0.05, 0.1) is 6.61 Å². The topological polar surface area (TPSA) is 94.1 Å². The van der Waals surface area contributed by atoms with E-state index in [1.807, 2.05) is 0 Å². The third-order valence-corrected chi connectivity index (χ3v) is 2.91. The summed E-state index contributed by atoms with van der Waals surface area (Å²) < 4.78 is 15.4. The van der Waals surface area contributed by atoms with Crippen LogP contribution in [0.4, 0.5) is 4.79 Å². The average Bonchev–Trinajstić information content (AvgIpc) is 2.46. The van der Waals surface area contributed by atoms with Gasteiger partial charge in [-0.1, -0.05) is 12.1 Å². The van der Waals surface area contributed by atoms with Crippen molar-refractivity contribution in [1.82, 2.24) is 5.32 Å². The number of methoxy groups -OCH3 is 1. The second kappa shape index (κ2) is 9.12. The monoisotopic (exact) mass is 339 g/mol. The van der Waals surface area contributed by atoms with E-state index >= 15 is 0 Å². The van der Waals surface area contributed by atoms with Gasteiger partial charge in [0.1, 0.15) is 24.0 Å². The molecular formula is C17H25NO6. The quantitative estimate of drug-likeness (QED) is 0.705. The molecule has 1 rings (SSSR count). The largest absolute Gasteiger partial charge is 0.491 e. The van der Waals surface area contributed by atoms with Gasteiger partial charge in [-0.15, -0.1) is 0 Å². The van der Waals surface area contributed by atoms with Crippen LogP contribution in [0.1, 0.15) is 26.3 Å². The lowest BCUT2D eigenvalue weighted by molar-refractivity contribution is -0.139. The Morgan fingerprint density at radius 2 is 1.79 bits per heavy atom. The second-order valence-electron chi connectivity index (χ2n) is 6.23. The van der Waals surface area contributed by atoms with Crippen LogP contribution in [0.15, 0.2) is 24.3 Å². The molecule has 1 atom stereocenters. The molecule has 0 aliphatic carbocycles. The molecule has 2 N–H and O–H groups in total. The van der Waals surface area contributed by atoms with Crippen molar-refractivity contribution in [3.8, 4) is 5.75 Å². The Balaban J connectivity index is 2.62. The fourth-order valence-corrected chi connectivity index (χ4v) is 1.85. The van der Waals surface area contributed by atoms with E-state index in [0.29, 0.717) is 19.0 Å². The number of carboxylic acid groups (broad SMARTS) is 1. The van der Waals surface area contributed by atoms with Crippen molar-refractivity contribution in [2.45, 2.75) is 38.8 Å². The highest BCUT2D eigenvalue weighted by atomic mass is 16.6.